The van der Waals surface area contributed by atoms with E-state index in [0.29, 0.717) is 17.9 Å². The normalized spacial score (nSPS) is 16.2. The Bertz CT molecular complexity index is 646. The Morgan fingerprint density at radius 3 is 2.27 bits per heavy atom. The van der Waals surface area contributed by atoms with Gasteiger partial charge in [0.25, 0.3) is 0 Å². The molecule has 0 unspecified atom stereocenters. The minimum absolute atomic E-state index is 0.00123. The van der Waals surface area contributed by atoms with Crippen molar-refractivity contribution < 1.29 is 29.3 Å². The van der Waals surface area contributed by atoms with E-state index < -0.39 is 11.6 Å². The second-order valence-corrected chi connectivity index (χ2v) is 6.51. The molecule has 1 fully saturated rings. The number of carbonyl (C=O) groups is 3. The fraction of sp³-hybridized carbons (Fsp3) is 0.526. The molecule has 2 N–H and O–H groups in total. The van der Waals surface area contributed by atoms with E-state index in [1.807, 2.05) is 6.92 Å². The van der Waals surface area contributed by atoms with Crippen molar-refractivity contribution in [2.24, 2.45) is 0 Å². The number of ether oxygens (including phenoxy) is 1. The van der Waals surface area contributed by atoms with Crippen LogP contribution in [0.25, 0.3) is 0 Å². The van der Waals surface area contributed by atoms with Crippen LogP contribution in [0.3, 0.4) is 0 Å². The summed E-state index contributed by atoms with van der Waals surface area (Å²) in [5.41, 5.74) is -1.23. The number of rotatable bonds is 8. The molecule has 1 aliphatic heterocycles. The number of amides is 1. The summed E-state index contributed by atoms with van der Waals surface area (Å²) >= 11 is 0. The third-order valence-electron chi connectivity index (χ3n) is 4.56. The number of nitrogens with zero attached hydrogens (tertiary/aromatic N) is 1. The van der Waals surface area contributed by atoms with Gasteiger partial charge in [-0.1, -0.05) is 6.92 Å². The summed E-state index contributed by atoms with van der Waals surface area (Å²) in [4.78, 5) is 36.9. The van der Waals surface area contributed by atoms with Gasteiger partial charge in [-0.2, -0.15) is 0 Å². The third kappa shape index (κ3) is 5.05. The van der Waals surface area contributed by atoms with Crippen molar-refractivity contribution in [3.8, 4) is 5.75 Å². The van der Waals surface area contributed by atoms with Gasteiger partial charge < -0.3 is 19.8 Å². The average Bonchev–Trinajstić information content (AvgIpc) is 2.65. The first-order valence-electron chi connectivity index (χ1n) is 8.85. The molecule has 1 aromatic rings. The van der Waals surface area contributed by atoms with Crippen LogP contribution in [0, 0.1) is 0 Å². The van der Waals surface area contributed by atoms with E-state index in [2.05, 4.69) is 0 Å². The van der Waals surface area contributed by atoms with Crippen molar-refractivity contribution in [2.45, 2.75) is 44.6 Å². The van der Waals surface area contributed by atoms with Crippen LogP contribution in [-0.2, 0) is 9.59 Å². The Morgan fingerprint density at radius 2 is 1.73 bits per heavy atom. The molecule has 1 aliphatic rings. The number of aliphatic hydroxyl groups is 1. The van der Waals surface area contributed by atoms with Crippen LogP contribution in [0.1, 0.15) is 49.4 Å². The van der Waals surface area contributed by atoms with E-state index in [-0.39, 0.29) is 50.5 Å². The molecule has 0 spiro atoms. The highest BCUT2D eigenvalue weighted by atomic mass is 16.5. The first-order valence-corrected chi connectivity index (χ1v) is 8.85. The smallest absolute Gasteiger partial charge is 0.335 e. The van der Waals surface area contributed by atoms with Gasteiger partial charge in [0, 0.05) is 44.3 Å². The molecule has 1 amide bonds. The molecule has 0 bridgehead atoms. The standard InChI is InChI=1S/C19H25NO6/c1-2-13-26-15-5-3-14(4-6-15)16(21)7-8-17(22)20-11-9-19(25,10-12-20)18(23)24/h3-6,25H,2,7-13H2,1H3,(H,23,24). The number of carbonyl (C=O) groups excluding carboxylic acids is 2. The number of benzene rings is 1. The van der Waals surface area contributed by atoms with Gasteiger partial charge in [-0.3, -0.25) is 9.59 Å². The molecule has 142 valence electrons. The van der Waals surface area contributed by atoms with E-state index in [0.717, 1.165) is 6.42 Å². The van der Waals surface area contributed by atoms with Crippen molar-refractivity contribution in [2.75, 3.05) is 19.7 Å². The topological polar surface area (TPSA) is 104 Å². The maximum absolute atomic E-state index is 12.2. The van der Waals surface area contributed by atoms with Gasteiger partial charge in [-0.05, 0) is 30.7 Å². The Hall–Kier alpha value is -2.41. The highest BCUT2D eigenvalue weighted by Gasteiger charge is 2.40. The number of carboxylic acids is 1. The summed E-state index contributed by atoms with van der Waals surface area (Å²) in [6.07, 6.45) is 1.07. The van der Waals surface area contributed by atoms with Gasteiger partial charge in [0.2, 0.25) is 5.91 Å². The molecule has 7 heteroatoms. The number of ketones is 1. The summed E-state index contributed by atoms with van der Waals surface area (Å²) < 4.78 is 5.47. The van der Waals surface area contributed by atoms with Crippen LogP contribution in [0.4, 0.5) is 0 Å². The molecule has 7 nitrogen and oxygen atoms in total. The highest BCUT2D eigenvalue weighted by Crippen LogP contribution is 2.23. The van der Waals surface area contributed by atoms with Gasteiger partial charge in [0.05, 0.1) is 6.61 Å². The lowest BCUT2D eigenvalue weighted by Gasteiger charge is -2.35. The SMILES string of the molecule is CCCOc1ccc(C(=O)CCC(=O)N2CCC(O)(C(=O)O)CC2)cc1. The predicted molar refractivity (Wildman–Crippen MR) is 94.2 cm³/mol. The lowest BCUT2D eigenvalue weighted by molar-refractivity contribution is -0.165. The second kappa shape index (κ2) is 8.80. The molecule has 0 saturated carbocycles. The molecular weight excluding hydrogens is 338 g/mol. The van der Waals surface area contributed by atoms with Crippen LogP contribution in [0.2, 0.25) is 0 Å². The van der Waals surface area contributed by atoms with E-state index in [1.54, 1.807) is 24.3 Å². The highest BCUT2D eigenvalue weighted by molar-refractivity contribution is 5.98. The molecule has 1 aromatic carbocycles. The summed E-state index contributed by atoms with van der Waals surface area (Å²) in [5.74, 6) is -0.877. The zero-order valence-corrected chi connectivity index (χ0v) is 14.9. The fourth-order valence-corrected chi connectivity index (χ4v) is 2.82. The van der Waals surface area contributed by atoms with Gasteiger partial charge >= 0.3 is 5.97 Å². The zero-order chi connectivity index (χ0) is 19.2. The second-order valence-electron chi connectivity index (χ2n) is 6.51. The number of carboxylic acid groups (broad SMARTS) is 1. The van der Waals surface area contributed by atoms with E-state index >= 15 is 0 Å². The zero-order valence-electron chi connectivity index (χ0n) is 14.9. The van der Waals surface area contributed by atoms with Crippen LogP contribution in [0.15, 0.2) is 24.3 Å². The summed E-state index contributed by atoms with van der Waals surface area (Å²) in [7, 11) is 0. The van der Waals surface area contributed by atoms with Crippen molar-refractivity contribution >= 4 is 17.7 Å². The van der Waals surface area contributed by atoms with Crippen LogP contribution < -0.4 is 4.74 Å². The number of hydrogen-bond acceptors (Lipinski definition) is 5. The molecule has 0 aromatic heterocycles. The Labute approximate surface area is 152 Å². The number of Topliss-reactive ketones (excluding diaryl/α,β-unsaturated/α-hetero) is 1. The number of piperidine rings is 1. The van der Waals surface area contributed by atoms with E-state index in [9.17, 15) is 19.5 Å². The van der Waals surface area contributed by atoms with E-state index in [1.165, 1.54) is 4.90 Å². The van der Waals surface area contributed by atoms with Gasteiger partial charge in [-0.15, -0.1) is 0 Å². The van der Waals surface area contributed by atoms with Crippen LogP contribution >= 0.6 is 0 Å². The summed E-state index contributed by atoms with van der Waals surface area (Å²) in [6.45, 7) is 2.99. The Morgan fingerprint density at radius 1 is 1.12 bits per heavy atom. The molecule has 1 saturated heterocycles. The lowest BCUT2D eigenvalue weighted by Crippen LogP contribution is -2.50. The van der Waals surface area contributed by atoms with Crippen molar-refractivity contribution in [1.29, 1.82) is 0 Å². The molecule has 0 radical (unpaired) electrons. The molecule has 0 aliphatic carbocycles. The summed E-state index contributed by atoms with van der Waals surface area (Å²) in [5, 5.41) is 18.9. The van der Waals surface area contributed by atoms with Gasteiger partial charge in [0.1, 0.15) is 5.75 Å². The fourth-order valence-electron chi connectivity index (χ4n) is 2.82. The maximum Gasteiger partial charge on any atom is 0.335 e. The first-order chi connectivity index (χ1) is 12.4. The van der Waals surface area contributed by atoms with E-state index in [4.69, 9.17) is 9.84 Å². The monoisotopic (exact) mass is 363 g/mol. The molecule has 0 atom stereocenters. The quantitative estimate of drug-likeness (QED) is 0.684. The minimum Gasteiger partial charge on any atom is -0.494 e. The minimum atomic E-state index is -1.76. The van der Waals surface area contributed by atoms with Crippen molar-refractivity contribution in [3.63, 3.8) is 0 Å². The number of likely N-dealkylation sites (tertiary alicyclic amines) is 1. The number of aliphatic carboxylic acids is 1. The largest absolute Gasteiger partial charge is 0.494 e. The molecule has 26 heavy (non-hydrogen) atoms. The van der Waals surface area contributed by atoms with Gasteiger partial charge in [0.15, 0.2) is 11.4 Å². The van der Waals surface area contributed by atoms with Gasteiger partial charge in [-0.25, -0.2) is 4.79 Å². The van der Waals surface area contributed by atoms with Crippen LogP contribution in [-0.4, -0.2) is 58.1 Å². The average molecular weight is 363 g/mol. The Balaban J connectivity index is 1.80. The molecule has 1 heterocycles. The lowest BCUT2D eigenvalue weighted by atomic mass is 9.91. The molecular formula is C19H25NO6. The van der Waals surface area contributed by atoms with Crippen molar-refractivity contribution in [3.05, 3.63) is 29.8 Å². The van der Waals surface area contributed by atoms with Crippen molar-refractivity contribution in [1.82, 2.24) is 4.90 Å². The third-order valence-corrected chi connectivity index (χ3v) is 4.56. The number of hydrogen-bond donors (Lipinski definition) is 2. The van der Waals surface area contributed by atoms with Crippen LogP contribution in [0.5, 0.6) is 5.75 Å². The maximum atomic E-state index is 12.2. The summed E-state index contributed by atoms with van der Waals surface area (Å²) in [6, 6.07) is 6.85. The Kier molecular flexibility index (Phi) is 6.74. The predicted octanol–water partition coefficient (Wildman–Crippen LogP) is 1.88. The first kappa shape index (κ1) is 19.9. The molecule has 2 rings (SSSR count).